The molecule has 0 fully saturated rings. The van der Waals surface area contributed by atoms with Gasteiger partial charge in [0, 0.05) is 10.0 Å². The molecule has 1 aromatic carbocycles. The molecule has 20 heavy (non-hydrogen) atoms. The van der Waals surface area contributed by atoms with Gasteiger partial charge in [-0.1, -0.05) is 35.0 Å². The number of aliphatic carboxylic acids is 1. The smallest absolute Gasteiger partial charge is 0.331 e. The molecule has 6 nitrogen and oxygen atoms in total. The van der Waals surface area contributed by atoms with Crippen molar-refractivity contribution in [1.29, 1.82) is 0 Å². The Morgan fingerprint density at radius 1 is 1.50 bits per heavy atom. The van der Waals surface area contributed by atoms with E-state index in [1.165, 1.54) is 4.68 Å². The van der Waals surface area contributed by atoms with E-state index in [0.717, 1.165) is 15.6 Å². The first-order valence-electron chi connectivity index (χ1n) is 6.19. The summed E-state index contributed by atoms with van der Waals surface area (Å²) in [6, 6.07) is 5.69. The molecular formula is C13H15BrN4O2. The van der Waals surface area contributed by atoms with Crippen molar-refractivity contribution in [3.63, 3.8) is 0 Å². The zero-order chi connectivity index (χ0) is 14.9. The number of aryl methyl sites for hydroxylation is 1. The number of hydrogen-bond acceptors (Lipinski definition) is 4. The second-order valence-corrected chi connectivity index (χ2v) is 5.67. The van der Waals surface area contributed by atoms with Gasteiger partial charge in [0.05, 0.1) is 0 Å². The topological polar surface area (TPSA) is 80.9 Å². The predicted molar refractivity (Wildman–Crippen MR) is 77.3 cm³/mol. The van der Waals surface area contributed by atoms with E-state index in [2.05, 4.69) is 31.5 Å². The lowest BCUT2D eigenvalue weighted by Gasteiger charge is -2.24. The SMILES string of the molecule is CCC(C)(C(=O)O)n1nnnc1-c1ccc(C)c(Br)c1. The van der Waals surface area contributed by atoms with Gasteiger partial charge in [-0.2, -0.15) is 0 Å². The van der Waals surface area contributed by atoms with Gasteiger partial charge in [-0.25, -0.2) is 9.48 Å². The Morgan fingerprint density at radius 3 is 2.75 bits per heavy atom. The van der Waals surface area contributed by atoms with Crippen molar-refractivity contribution in [2.24, 2.45) is 0 Å². The van der Waals surface area contributed by atoms with E-state index in [1.54, 1.807) is 13.8 Å². The summed E-state index contributed by atoms with van der Waals surface area (Å²) in [7, 11) is 0. The maximum absolute atomic E-state index is 11.5. The number of aromatic nitrogens is 4. The summed E-state index contributed by atoms with van der Waals surface area (Å²) in [6.07, 6.45) is 0.382. The Kier molecular flexibility index (Phi) is 3.89. The van der Waals surface area contributed by atoms with E-state index in [9.17, 15) is 9.90 Å². The molecule has 0 saturated heterocycles. The third-order valence-electron chi connectivity index (χ3n) is 3.52. The van der Waals surface area contributed by atoms with Crippen LogP contribution in [-0.2, 0) is 10.3 Å². The first-order chi connectivity index (χ1) is 9.40. The van der Waals surface area contributed by atoms with Crippen molar-refractivity contribution in [2.45, 2.75) is 32.7 Å². The summed E-state index contributed by atoms with van der Waals surface area (Å²) in [5.41, 5.74) is 0.689. The highest BCUT2D eigenvalue weighted by Gasteiger charge is 2.37. The molecule has 0 amide bonds. The molecule has 106 valence electrons. The second kappa shape index (κ2) is 5.32. The minimum Gasteiger partial charge on any atom is -0.479 e. The number of halogens is 1. The number of carbonyl (C=O) groups is 1. The average Bonchev–Trinajstić information content (AvgIpc) is 2.90. The monoisotopic (exact) mass is 338 g/mol. The van der Waals surface area contributed by atoms with Crippen LogP contribution < -0.4 is 0 Å². The molecule has 1 heterocycles. The minimum atomic E-state index is -1.17. The van der Waals surface area contributed by atoms with E-state index < -0.39 is 11.5 Å². The Balaban J connectivity index is 2.58. The van der Waals surface area contributed by atoms with Gasteiger partial charge < -0.3 is 5.11 Å². The predicted octanol–water partition coefficient (Wildman–Crippen LogP) is 2.62. The molecule has 1 atom stereocenters. The Bertz CT molecular complexity index is 656. The highest BCUT2D eigenvalue weighted by atomic mass is 79.9. The number of tetrazole rings is 1. The van der Waals surface area contributed by atoms with Crippen LogP contribution in [0.4, 0.5) is 0 Å². The Morgan fingerprint density at radius 2 is 2.20 bits per heavy atom. The summed E-state index contributed by atoms with van der Waals surface area (Å²) in [4.78, 5) is 11.5. The molecule has 1 aromatic heterocycles. The fourth-order valence-electron chi connectivity index (χ4n) is 1.82. The van der Waals surface area contributed by atoms with E-state index in [4.69, 9.17) is 0 Å². The summed E-state index contributed by atoms with van der Waals surface area (Å²) < 4.78 is 2.30. The number of carboxylic acids is 1. The van der Waals surface area contributed by atoms with E-state index in [1.807, 2.05) is 25.1 Å². The molecule has 0 radical (unpaired) electrons. The van der Waals surface area contributed by atoms with Crippen LogP contribution in [0.2, 0.25) is 0 Å². The van der Waals surface area contributed by atoms with Gasteiger partial charge in [-0.3, -0.25) is 0 Å². The van der Waals surface area contributed by atoms with Crippen molar-refractivity contribution in [2.75, 3.05) is 0 Å². The lowest BCUT2D eigenvalue weighted by Crippen LogP contribution is -2.39. The number of carboxylic acid groups (broad SMARTS) is 1. The molecule has 2 rings (SSSR count). The van der Waals surface area contributed by atoms with Crippen LogP contribution in [0, 0.1) is 6.92 Å². The molecule has 0 aliphatic heterocycles. The zero-order valence-electron chi connectivity index (χ0n) is 11.5. The van der Waals surface area contributed by atoms with Crippen molar-refractivity contribution in [3.05, 3.63) is 28.2 Å². The normalized spacial score (nSPS) is 14.0. The maximum atomic E-state index is 11.5. The summed E-state index contributed by atoms with van der Waals surface area (Å²) in [5.74, 6) is -0.517. The van der Waals surface area contributed by atoms with Crippen molar-refractivity contribution in [3.8, 4) is 11.4 Å². The van der Waals surface area contributed by atoms with E-state index >= 15 is 0 Å². The number of rotatable bonds is 4. The van der Waals surface area contributed by atoms with Crippen molar-refractivity contribution < 1.29 is 9.90 Å². The molecule has 1 unspecified atom stereocenters. The standard InChI is InChI=1S/C13H15BrN4O2/c1-4-13(3,12(19)20)18-11(15-16-17-18)9-6-5-8(2)10(14)7-9/h5-7H,4H2,1-3H3,(H,19,20). The van der Waals surface area contributed by atoms with Gasteiger partial charge in [0.25, 0.3) is 0 Å². The van der Waals surface area contributed by atoms with Crippen molar-refractivity contribution >= 4 is 21.9 Å². The molecule has 7 heteroatoms. The summed E-state index contributed by atoms with van der Waals surface area (Å²) in [6.45, 7) is 5.38. The highest BCUT2D eigenvalue weighted by molar-refractivity contribution is 9.10. The highest BCUT2D eigenvalue weighted by Crippen LogP contribution is 2.28. The molecule has 0 aliphatic rings. The fourth-order valence-corrected chi connectivity index (χ4v) is 2.20. The largest absolute Gasteiger partial charge is 0.479 e. The van der Waals surface area contributed by atoms with Crippen LogP contribution in [-0.4, -0.2) is 31.3 Å². The number of nitrogens with zero attached hydrogens (tertiary/aromatic N) is 4. The third kappa shape index (κ3) is 2.33. The van der Waals surface area contributed by atoms with Crippen LogP contribution in [0.1, 0.15) is 25.8 Å². The second-order valence-electron chi connectivity index (χ2n) is 4.81. The maximum Gasteiger partial charge on any atom is 0.331 e. The first-order valence-corrected chi connectivity index (χ1v) is 6.98. The summed E-state index contributed by atoms with van der Waals surface area (Å²) >= 11 is 3.46. The molecule has 2 aromatic rings. The van der Waals surface area contributed by atoms with Crippen molar-refractivity contribution in [1.82, 2.24) is 20.2 Å². The third-order valence-corrected chi connectivity index (χ3v) is 4.37. The van der Waals surface area contributed by atoms with Crippen LogP contribution in [0.3, 0.4) is 0 Å². The van der Waals surface area contributed by atoms with Gasteiger partial charge in [0.2, 0.25) is 0 Å². The van der Waals surface area contributed by atoms with E-state index in [-0.39, 0.29) is 0 Å². The average molecular weight is 339 g/mol. The number of benzene rings is 1. The molecule has 0 aliphatic carbocycles. The summed E-state index contributed by atoms with van der Waals surface area (Å²) in [5, 5.41) is 20.9. The first kappa shape index (κ1) is 14.6. The fraction of sp³-hybridized carbons (Fsp3) is 0.385. The lowest BCUT2D eigenvalue weighted by molar-refractivity contribution is -0.147. The van der Waals surface area contributed by atoms with Gasteiger partial charge >= 0.3 is 5.97 Å². The molecular weight excluding hydrogens is 324 g/mol. The van der Waals surface area contributed by atoms with E-state index in [0.29, 0.717) is 12.2 Å². The van der Waals surface area contributed by atoms with Crippen LogP contribution in [0.5, 0.6) is 0 Å². The lowest BCUT2D eigenvalue weighted by atomic mass is 9.99. The van der Waals surface area contributed by atoms with Gasteiger partial charge in [-0.05, 0) is 42.3 Å². The van der Waals surface area contributed by atoms with Crippen LogP contribution in [0.15, 0.2) is 22.7 Å². The van der Waals surface area contributed by atoms with Crippen LogP contribution in [0.25, 0.3) is 11.4 Å². The molecule has 0 spiro atoms. The Labute approximate surface area is 124 Å². The molecule has 0 saturated carbocycles. The zero-order valence-corrected chi connectivity index (χ0v) is 13.0. The molecule has 1 N–H and O–H groups in total. The van der Waals surface area contributed by atoms with Gasteiger partial charge in [-0.15, -0.1) is 5.10 Å². The molecule has 0 bridgehead atoms. The van der Waals surface area contributed by atoms with Crippen LogP contribution >= 0.6 is 15.9 Å². The Hall–Kier alpha value is -1.76. The number of hydrogen-bond donors (Lipinski definition) is 1. The quantitative estimate of drug-likeness (QED) is 0.926. The minimum absolute atomic E-state index is 0.382. The van der Waals surface area contributed by atoms with Gasteiger partial charge in [0.15, 0.2) is 11.4 Å². The van der Waals surface area contributed by atoms with Gasteiger partial charge in [0.1, 0.15) is 0 Å².